The van der Waals surface area contributed by atoms with E-state index in [9.17, 15) is 4.79 Å². The van der Waals surface area contributed by atoms with Crippen molar-refractivity contribution in [3.05, 3.63) is 0 Å². The van der Waals surface area contributed by atoms with Crippen molar-refractivity contribution < 1.29 is 4.79 Å². The maximum atomic E-state index is 11.8. The number of carbonyl (C=O) groups is 1. The van der Waals surface area contributed by atoms with Crippen LogP contribution in [0.4, 0.5) is 0 Å². The second kappa shape index (κ2) is 7.65. The van der Waals surface area contributed by atoms with Crippen molar-refractivity contribution in [2.24, 2.45) is 5.92 Å². The highest BCUT2D eigenvalue weighted by molar-refractivity contribution is 5.78. The summed E-state index contributed by atoms with van der Waals surface area (Å²) >= 11 is 0. The van der Waals surface area contributed by atoms with Gasteiger partial charge in [0.1, 0.15) is 0 Å². The molecule has 1 amide bonds. The van der Waals surface area contributed by atoms with Crippen molar-refractivity contribution in [1.82, 2.24) is 15.1 Å². The van der Waals surface area contributed by atoms with Crippen LogP contribution < -0.4 is 5.32 Å². The second-order valence-corrected chi connectivity index (χ2v) is 4.27. The molecule has 15 heavy (non-hydrogen) atoms. The van der Waals surface area contributed by atoms with Crippen molar-refractivity contribution in [3.8, 4) is 0 Å². The molecule has 1 atom stereocenters. The number of amides is 1. The number of carbonyl (C=O) groups excluding carboxylic acids is 1. The molecule has 4 nitrogen and oxygen atoms in total. The summed E-state index contributed by atoms with van der Waals surface area (Å²) < 4.78 is 0. The average molecular weight is 215 g/mol. The first kappa shape index (κ1) is 14.4. The van der Waals surface area contributed by atoms with E-state index in [0.717, 1.165) is 26.2 Å². The topological polar surface area (TPSA) is 35.6 Å². The maximum Gasteiger partial charge on any atom is 0.226 e. The van der Waals surface area contributed by atoms with E-state index in [1.807, 2.05) is 39.9 Å². The normalized spacial score (nSPS) is 12.9. The van der Waals surface area contributed by atoms with E-state index in [1.165, 1.54) is 0 Å². The predicted octanol–water partition coefficient (Wildman–Crippen LogP) is 0.252. The Balaban J connectivity index is 3.85. The van der Waals surface area contributed by atoms with E-state index >= 15 is 0 Å². The van der Waals surface area contributed by atoms with Crippen LogP contribution in [-0.2, 0) is 4.79 Å². The first-order valence-electron chi connectivity index (χ1n) is 5.59. The van der Waals surface area contributed by atoms with Crippen LogP contribution >= 0.6 is 0 Å². The quantitative estimate of drug-likeness (QED) is 0.661. The van der Waals surface area contributed by atoms with Gasteiger partial charge in [-0.1, -0.05) is 13.8 Å². The van der Waals surface area contributed by atoms with Crippen LogP contribution in [0.5, 0.6) is 0 Å². The van der Waals surface area contributed by atoms with Gasteiger partial charge in [-0.3, -0.25) is 4.79 Å². The Labute approximate surface area is 93.6 Å². The van der Waals surface area contributed by atoms with E-state index < -0.39 is 0 Å². The standard InChI is InChI=1S/C11H25N3O/c1-6-12-9-10(2)11(15)14(5)8-7-13(3)4/h10,12H,6-9H2,1-5H3. The lowest BCUT2D eigenvalue weighted by molar-refractivity contribution is -0.133. The van der Waals surface area contributed by atoms with Gasteiger partial charge < -0.3 is 15.1 Å². The minimum Gasteiger partial charge on any atom is -0.344 e. The van der Waals surface area contributed by atoms with Gasteiger partial charge >= 0.3 is 0 Å². The highest BCUT2D eigenvalue weighted by Gasteiger charge is 2.16. The summed E-state index contributed by atoms with van der Waals surface area (Å²) in [5.41, 5.74) is 0. The fraction of sp³-hybridized carbons (Fsp3) is 0.909. The zero-order chi connectivity index (χ0) is 11.8. The molecule has 4 heteroatoms. The third-order valence-corrected chi connectivity index (χ3v) is 2.38. The Kier molecular flexibility index (Phi) is 7.34. The van der Waals surface area contributed by atoms with E-state index in [0.29, 0.717) is 0 Å². The van der Waals surface area contributed by atoms with Gasteiger partial charge in [-0.2, -0.15) is 0 Å². The largest absolute Gasteiger partial charge is 0.344 e. The molecule has 0 saturated carbocycles. The first-order chi connectivity index (χ1) is 6.99. The molecular formula is C11H25N3O. The van der Waals surface area contributed by atoms with Crippen LogP contribution in [0.25, 0.3) is 0 Å². The Morgan fingerprint density at radius 1 is 1.27 bits per heavy atom. The highest BCUT2D eigenvalue weighted by atomic mass is 16.2. The summed E-state index contributed by atoms with van der Waals surface area (Å²) in [7, 11) is 5.90. The van der Waals surface area contributed by atoms with E-state index in [1.54, 1.807) is 0 Å². The lowest BCUT2D eigenvalue weighted by Gasteiger charge is -2.23. The fourth-order valence-corrected chi connectivity index (χ4v) is 1.28. The number of nitrogens with zero attached hydrogens (tertiary/aromatic N) is 2. The van der Waals surface area contributed by atoms with Gasteiger partial charge in [-0.25, -0.2) is 0 Å². The third kappa shape index (κ3) is 6.47. The molecule has 0 radical (unpaired) electrons. The van der Waals surface area contributed by atoms with Crippen molar-refractivity contribution in [2.45, 2.75) is 13.8 Å². The van der Waals surface area contributed by atoms with Gasteiger partial charge in [0.15, 0.2) is 0 Å². The monoisotopic (exact) mass is 215 g/mol. The van der Waals surface area contributed by atoms with Gasteiger partial charge in [0.2, 0.25) is 5.91 Å². The van der Waals surface area contributed by atoms with Crippen LogP contribution in [0.2, 0.25) is 0 Å². The zero-order valence-corrected chi connectivity index (χ0v) is 10.7. The molecule has 90 valence electrons. The molecular weight excluding hydrogens is 190 g/mol. The molecule has 0 aliphatic rings. The number of rotatable bonds is 7. The number of hydrogen-bond acceptors (Lipinski definition) is 3. The Morgan fingerprint density at radius 2 is 1.87 bits per heavy atom. The lowest BCUT2D eigenvalue weighted by Crippen LogP contribution is -2.39. The summed E-state index contributed by atoms with van der Waals surface area (Å²) in [6, 6.07) is 0. The molecule has 0 bridgehead atoms. The lowest BCUT2D eigenvalue weighted by atomic mass is 10.1. The molecule has 0 aromatic rings. The molecule has 0 aliphatic carbocycles. The number of nitrogens with one attached hydrogen (secondary N) is 1. The van der Waals surface area contributed by atoms with Gasteiger partial charge in [-0.05, 0) is 20.6 Å². The second-order valence-electron chi connectivity index (χ2n) is 4.27. The molecule has 0 aromatic heterocycles. The molecule has 0 fully saturated rings. The summed E-state index contributed by atoms with van der Waals surface area (Å²) in [6.45, 7) is 7.41. The van der Waals surface area contributed by atoms with Gasteiger partial charge in [0.05, 0.1) is 0 Å². The fourth-order valence-electron chi connectivity index (χ4n) is 1.28. The van der Waals surface area contributed by atoms with Crippen molar-refractivity contribution in [3.63, 3.8) is 0 Å². The average Bonchev–Trinajstić information content (AvgIpc) is 2.21. The van der Waals surface area contributed by atoms with Gasteiger partial charge in [0, 0.05) is 32.6 Å². The Bertz CT molecular complexity index is 183. The molecule has 0 aliphatic heterocycles. The van der Waals surface area contributed by atoms with E-state index in [4.69, 9.17) is 0 Å². The first-order valence-corrected chi connectivity index (χ1v) is 5.59. The molecule has 0 saturated heterocycles. The Hall–Kier alpha value is -0.610. The van der Waals surface area contributed by atoms with Gasteiger partial charge in [0.25, 0.3) is 0 Å². The van der Waals surface area contributed by atoms with Crippen molar-refractivity contribution >= 4 is 5.91 Å². The van der Waals surface area contributed by atoms with Crippen LogP contribution in [0, 0.1) is 5.92 Å². The van der Waals surface area contributed by atoms with E-state index in [2.05, 4.69) is 10.2 Å². The van der Waals surface area contributed by atoms with Crippen LogP contribution in [-0.4, -0.2) is 63.0 Å². The Morgan fingerprint density at radius 3 is 2.33 bits per heavy atom. The van der Waals surface area contributed by atoms with Crippen molar-refractivity contribution in [2.75, 3.05) is 47.3 Å². The molecule has 0 heterocycles. The summed E-state index contributed by atoms with van der Waals surface area (Å²) in [6.07, 6.45) is 0. The molecule has 0 spiro atoms. The van der Waals surface area contributed by atoms with E-state index in [-0.39, 0.29) is 11.8 Å². The summed E-state index contributed by atoms with van der Waals surface area (Å²) in [5, 5.41) is 3.19. The van der Waals surface area contributed by atoms with Crippen LogP contribution in [0.1, 0.15) is 13.8 Å². The van der Waals surface area contributed by atoms with Gasteiger partial charge in [-0.15, -0.1) is 0 Å². The van der Waals surface area contributed by atoms with Crippen LogP contribution in [0.15, 0.2) is 0 Å². The third-order valence-electron chi connectivity index (χ3n) is 2.38. The minimum absolute atomic E-state index is 0.0668. The molecule has 0 rings (SSSR count). The summed E-state index contributed by atoms with van der Waals surface area (Å²) in [5.74, 6) is 0.287. The van der Waals surface area contributed by atoms with Crippen LogP contribution in [0.3, 0.4) is 0 Å². The zero-order valence-electron chi connectivity index (χ0n) is 10.7. The smallest absolute Gasteiger partial charge is 0.226 e. The maximum absolute atomic E-state index is 11.8. The number of likely N-dealkylation sites (N-methyl/N-ethyl adjacent to an activating group) is 2. The minimum atomic E-state index is 0.0668. The predicted molar refractivity (Wildman–Crippen MR) is 63.9 cm³/mol. The summed E-state index contributed by atoms with van der Waals surface area (Å²) in [4.78, 5) is 15.7. The highest BCUT2D eigenvalue weighted by Crippen LogP contribution is 1.99. The SMILES string of the molecule is CCNCC(C)C(=O)N(C)CCN(C)C. The number of hydrogen-bond donors (Lipinski definition) is 1. The van der Waals surface area contributed by atoms with Crippen molar-refractivity contribution in [1.29, 1.82) is 0 Å². The molecule has 1 unspecified atom stereocenters. The molecule has 1 N–H and O–H groups in total. The molecule has 0 aromatic carbocycles.